The van der Waals surface area contributed by atoms with Crippen LogP contribution in [0.5, 0.6) is 17.2 Å². The molecule has 0 aliphatic carbocycles. The second-order valence-electron chi connectivity index (χ2n) is 12.2. The number of aromatic nitrogens is 1. The summed E-state index contributed by atoms with van der Waals surface area (Å²) >= 11 is 0. The van der Waals surface area contributed by atoms with Gasteiger partial charge in [0.15, 0.2) is 11.5 Å². The molecule has 9 nitrogen and oxygen atoms in total. The van der Waals surface area contributed by atoms with Crippen LogP contribution >= 0.6 is 0 Å². The summed E-state index contributed by atoms with van der Waals surface area (Å²) in [6, 6.07) is 13.3. The van der Waals surface area contributed by atoms with E-state index in [1.807, 2.05) is 54.0 Å². The lowest BCUT2D eigenvalue weighted by Crippen LogP contribution is -2.63. The van der Waals surface area contributed by atoms with Crippen molar-refractivity contribution in [2.24, 2.45) is 11.8 Å². The predicted molar refractivity (Wildman–Crippen MR) is 156 cm³/mol. The van der Waals surface area contributed by atoms with Gasteiger partial charge in [0.05, 0.1) is 19.2 Å². The Hall–Kier alpha value is -3.72. The Morgan fingerprint density at radius 3 is 2.63 bits per heavy atom. The quantitative estimate of drug-likeness (QED) is 0.414. The fourth-order valence-electron chi connectivity index (χ4n) is 6.80. The van der Waals surface area contributed by atoms with Crippen LogP contribution in [0, 0.1) is 11.8 Å². The molecule has 1 saturated heterocycles. The molecule has 1 aromatic heterocycles. The molecule has 1 N–H and O–H groups in total. The van der Waals surface area contributed by atoms with Crippen LogP contribution in [0.2, 0.25) is 0 Å². The lowest BCUT2D eigenvalue weighted by Gasteiger charge is -2.44. The standard InChI is InChI=1S/C32H40N4O5/c1-21-12-22(2)17-34(16-21)11-5-10-33-31(38)32(3)19-35-26-15-25(39-4)8-7-24(26)14-27(35)30(37)36(32)18-23-6-9-28-29(13-23)41-20-40-28/h6-9,13-15,21-22H,5,10-12,16-20H2,1-4H3,(H,33,38). The number of carbonyl (C=O) groups excluding carboxylic acids is 2. The van der Waals surface area contributed by atoms with Crippen LogP contribution in [0.3, 0.4) is 0 Å². The monoisotopic (exact) mass is 560 g/mol. The molecular weight excluding hydrogens is 520 g/mol. The fourth-order valence-corrected chi connectivity index (χ4v) is 6.80. The highest BCUT2D eigenvalue weighted by Gasteiger charge is 2.47. The van der Waals surface area contributed by atoms with Gasteiger partial charge >= 0.3 is 0 Å². The summed E-state index contributed by atoms with van der Waals surface area (Å²) in [5.74, 6) is 3.12. The molecule has 218 valence electrons. The molecule has 41 heavy (non-hydrogen) atoms. The van der Waals surface area contributed by atoms with E-state index in [4.69, 9.17) is 14.2 Å². The lowest BCUT2D eigenvalue weighted by molar-refractivity contribution is -0.133. The first-order chi connectivity index (χ1) is 19.7. The zero-order valence-electron chi connectivity index (χ0n) is 24.4. The van der Waals surface area contributed by atoms with Crippen molar-refractivity contribution < 1.29 is 23.8 Å². The number of benzene rings is 2. The van der Waals surface area contributed by atoms with Crippen molar-refractivity contribution in [2.45, 2.75) is 52.2 Å². The number of carbonyl (C=O) groups is 2. The average Bonchev–Trinajstić information content (AvgIpc) is 3.56. The van der Waals surface area contributed by atoms with Gasteiger partial charge in [0, 0.05) is 37.6 Å². The zero-order chi connectivity index (χ0) is 28.7. The zero-order valence-corrected chi connectivity index (χ0v) is 24.4. The minimum absolute atomic E-state index is 0.151. The van der Waals surface area contributed by atoms with Gasteiger partial charge in [0.2, 0.25) is 12.7 Å². The van der Waals surface area contributed by atoms with E-state index in [9.17, 15) is 9.59 Å². The number of likely N-dealkylation sites (tertiary alicyclic amines) is 1. The third-order valence-corrected chi connectivity index (χ3v) is 8.79. The number of ether oxygens (including phenoxy) is 3. The Balaban J connectivity index is 1.25. The molecule has 2 amide bonds. The molecule has 3 aliphatic rings. The van der Waals surface area contributed by atoms with Crippen LogP contribution in [0.25, 0.3) is 10.9 Å². The first-order valence-electron chi connectivity index (χ1n) is 14.6. The van der Waals surface area contributed by atoms with Gasteiger partial charge in [-0.05, 0) is 74.0 Å². The Bertz CT molecular complexity index is 1460. The van der Waals surface area contributed by atoms with Crippen LogP contribution in [0.1, 0.15) is 49.7 Å². The van der Waals surface area contributed by atoms with Gasteiger partial charge in [-0.1, -0.05) is 19.9 Å². The molecule has 3 unspecified atom stereocenters. The number of piperidine rings is 1. The third-order valence-electron chi connectivity index (χ3n) is 8.79. The molecule has 3 atom stereocenters. The van der Waals surface area contributed by atoms with Crippen molar-refractivity contribution in [1.82, 2.24) is 19.7 Å². The molecule has 4 heterocycles. The van der Waals surface area contributed by atoms with E-state index in [1.165, 1.54) is 6.42 Å². The number of nitrogens with one attached hydrogen (secondary N) is 1. The fraction of sp³-hybridized carbons (Fsp3) is 0.500. The van der Waals surface area contributed by atoms with Crippen LogP contribution in [0.15, 0.2) is 42.5 Å². The molecule has 0 saturated carbocycles. The summed E-state index contributed by atoms with van der Waals surface area (Å²) in [6.07, 6.45) is 2.15. The van der Waals surface area contributed by atoms with Gasteiger partial charge in [-0.15, -0.1) is 0 Å². The first-order valence-corrected chi connectivity index (χ1v) is 14.6. The molecule has 0 bridgehead atoms. The Kier molecular flexibility index (Phi) is 7.32. The van der Waals surface area contributed by atoms with Gasteiger partial charge in [-0.2, -0.15) is 0 Å². The topological polar surface area (TPSA) is 85.3 Å². The number of methoxy groups -OCH3 is 1. The van der Waals surface area contributed by atoms with Crippen LogP contribution < -0.4 is 19.5 Å². The lowest BCUT2D eigenvalue weighted by atomic mass is 9.92. The summed E-state index contributed by atoms with van der Waals surface area (Å²) in [4.78, 5) is 32.3. The number of hydrogen-bond acceptors (Lipinski definition) is 6. The largest absolute Gasteiger partial charge is 0.497 e. The molecule has 6 rings (SSSR count). The van der Waals surface area contributed by atoms with E-state index in [-0.39, 0.29) is 25.2 Å². The van der Waals surface area contributed by atoms with Gasteiger partial charge < -0.3 is 33.9 Å². The van der Waals surface area contributed by atoms with Crippen molar-refractivity contribution in [2.75, 3.05) is 40.1 Å². The Labute approximate surface area is 241 Å². The van der Waals surface area contributed by atoms with Crippen LogP contribution in [-0.2, 0) is 17.9 Å². The SMILES string of the molecule is COc1ccc2cc3n(c2c1)CC(C)(C(=O)NCCCN1CC(C)CC(C)C1)N(Cc1ccc2c(c1)OCO2)C3=O. The molecule has 1 fully saturated rings. The summed E-state index contributed by atoms with van der Waals surface area (Å²) in [7, 11) is 1.63. The molecule has 3 aromatic rings. The van der Waals surface area contributed by atoms with E-state index in [1.54, 1.807) is 12.0 Å². The summed E-state index contributed by atoms with van der Waals surface area (Å²) in [5.41, 5.74) is 1.21. The smallest absolute Gasteiger partial charge is 0.271 e. The number of nitrogens with zero attached hydrogens (tertiary/aromatic N) is 3. The first kappa shape index (κ1) is 27.4. The van der Waals surface area contributed by atoms with E-state index in [2.05, 4.69) is 24.1 Å². The van der Waals surface area contributed by atoms with E-state index < -0.39 is 5.54 Å². The summed E-state index contributed by atoms with van der Waals surface area (Å²) in [6.45, 7) is 11.0. The van der Waals surface area contributed by atoms with Crippen molar-refractivity contribution in [1.29, 1.82) is 0 Å². The predicted octanol–water partition coefficient (Wildman–Crippen LogP) is 4.28. The number of amides is 2. The average molecular weight is 561 g/mol. The molecule has 0 spiro atoms. The number of fused-ring (bicyclic) bond motifs is 4. The molecule has 2 aromatic carbocycles. The maximum absolute atomic E-state index is 14.1. The minimum atomic E-state index is -1.11. The van der Waals surface area contributed by atoms with E-state index >= 15 is 0 Å². The molecule has 9 heteroatoms. The Morgan fingerprint density at radius 1 is 1.07 bits per heavy atom. The van der Waals surface area contributed by atoms with Crippen molar-refractivity contribution in [3.05, 3.63) is 53.7 Å². The maximum Gasteiger partial charge on any atom is 0.271 e. The molecular formula is C32H40N4O5. The highest BCUT2D eigenvalue weighted by Crippen LogP contribution is 2.37. The molecule has 0 radical (unpaired) electrons. The van der Waals surface area contributed by atoms with Crippen molar-refractivity contribution >= 4 is 22.7 Å². The van der Waals surface area contributed by atoms with E-state index in [0.29, 0.717) is 47.9 Å². The second-order valence-corrected chi connectivity index (χ2v) is 12.2. The van der Waals surface area contributed by atoms with Crippen LogP contribution in [0.4, 0.5) is 0 Å². The summed E-state index contributed by atoms with van der Waals surface area (Å²) < 4.78 is 18.5. The Morgan fingerprint density at radius 2 is 1.85 bits per heavy atom. The van der Waals surface area contributed by atoms with Gasteiger partial charge in [-0.3, -0.25) is 9.59 Å². The number of hydrogen-bond donors (Lipinski definition) is 1. The highest BCUT2D eigenvalue weighted by atomic mass is 16.7. The van der Waals surface area contributed by atoms with Gasteiger partial charge in [0.25, 0.3) is 5.91 Å². The van der Waals surface area contributed by atoms with Crippen LogP contribution in [-0.4, -0.2) is 71.8 Å². The highest BCUT2D eigenvalue weighted by molar-refractivity contribution is 6.03. The van der Waals surface area contributed by atoms with Crippen molar-refractivity contribution in [3.63, 3.8) is 0 Å². The van der Waals surface area contributed by atoms with Crippen molar-refractivity contribution in [3.8, 4) is 17.2 Å². The van der Waals surface area contributed by atoms with E-state index in [0.717, 1.165) is 42.5 Å². The summed E-state index contributed by atoms with van der Waals surface area (Å²) in [5, 5.41) is 4.12. The molecule has 3 aliphatic heterocycles. The normalized spacial score (nSPS) is 24.0. The maximum atomic E-state index is 14.1. The number of rotatable bonds is 8. The van der Waals surface area contributed by atoms with Gasteiger partial charge in [0.1, 0.15) is 17.0 Å². The van der Waals surface area contributed by atoms with Gasteiger partial charge in [-0.25, -0.2) is 0 Å². The second kappa shape index (κ2) is 10.9. The minimum Gasteiger partial charge on any atom is -0.497 e. The third kappa shape index (κ3) is 5.23.